The lowest BCUT2D eigenvalue weighted by Gasteiger charge is -2.16. The normalized spacial score (nSPS) is 12.2. The number of hydrogen-bond donors (Lipinski definition) is 2. The van der Waals surface area contributed by atoms with Gasteiger partial charge >= 0.3 is 6.61 Å². The number of alkyl halides is 2. The topological polar surface area (TPSA) is 82.6 Å². The maximum atomic E-state index is 12.8. The Morgan fingerprint density at radius 2 is 1.78 bits per heavy atom. The van der Waals surface area contributed by atoms with E-state index in [0.29, 0.717) is 47.7 Å². The summed E-state index contributed by atoms with van der Waals surface area (Å²) < 4.78 is 51.7. The van der Waals surface area contributed by atoms with Gasteiger partial charge in [0.1, 0.15) is 5.75 Å². The Bertz CT molecular complexity index is 931. The van der Waals surface area contributed by atoms with Crippen LogP contribution in [0.2, 0.25) is 0 Å². The molecule has 0 bridgehead atoms. The first-order valence-corrected chi connectivity index (χ1v) is 9.65. The molecule has 0 aliphatic carbocycles. The Morgan fingerprint density at radius 1 is 1.06 bits per heavy atom. The van der Waals surface area contributed by atoms with E-state index in [0.717, 1.165) is 5.56 Å². The summed E-state index contributed by atoms with van der Waals surface area (Å²) >= 11 is 0. The molecule has 32 heavy (non-hydrogen) atoms. The fraction of sp³-hybridized carbons (Fsp3) is 0.381. The fourth-order valence-corrected chi connectivity index (χ4v) is 2.99. The van der Waals surface area contributed by atoms with E-state index in [9.17, 15) is 8.78 Å². The van der Waals surface area contributed by atoms with E-state index in [-0.39, 0.29) is 43.1 Å². The Balaban J connectivity index is 0.00000363. The van der Waals surface area contributed by atoms with Crippen LogP contribution in [0.4, 0.5) is 8.78 Å². The highest BCUT2D eigenvalue weighted by Crippen LogP contribution is 2.38. The predicted molar refractivity (Wildman–Crippen MR) is 126 cm³/mol. The average Bonchev–Trinajstić information content (AvgIpc) is 3.21. The predicted octanol–water partition coefficient (Wildman–Crippen LogP) is 3.91. The van der Waals surface area contributed by atoms with Crippen LogP contribution in [0.3, 0.4) is 0 Å². The minimum atomic E-state index is -2.95. The van der Waals surface area contributed by atoms with Crippen LogP contribution in [-0.2, 0) is 13.1 Å². The number of nitrogens with one attached hydrogen (secondary N) is 2. The number of nitrogens with zero attached hydrogens (tertiary/aromatic N) is 1. The third-order valence-corrected chi connectivity index (χ3v) is 4.43. The van der Waals surface area contributed by atoms with Crippen molar-refractivity contribution in [2.75, 3.05) is 27.6 Å². The van der Waals surface area contributed by atoms with Gasteiger partial charge in [-0.25, -0.2) is 0 Å². The van der Waals surface area contributed by atoms with Crippen molar-refractivity contribution in [3.05, 3.63) is 41.5 Å². The molecule has 3 rings (SSSR count). The Morgan fingerprint density at radius 3 is 2.44 bits per heavy atom. The Kier molecular flexibility index (Phi) is 9.88. The third-order valence-electron chi connectivity index (χ3n) is 4.43. The van der Waals surface area contributed by atoms with Crippen LogP contribution in [-0.4, -0.2) is 40.1 Å². The average molecular weight is 565 g/mol. The van der Waals surface area contributed by atoms with Crippen molar-refractivity contribution in [3.8, 4) is 28.7 Å². The Hall–Kier alpha value is -2.70. The molecule has 0 radical (unpaired) electrons. The molecular formula is C21H26F2IN3O5. The molecule has 0 saturated carbocycles. The first kappa shape index (κ1) is 25.6. The molecule has 0 spiro atoms. The van der Waals surface area contributed by atoms with Gasteiger partial charge in [0.25, 0.3) is 0 Å². The van der Waals surface area contributed by atoms with Crippen molar-refractivity contribution in [2.45, 2.75) is 26.6 Å². The van der Waals surface area contributed by atoms with Gasteiger partial charge in [-0.05, 0) is 30.7 Å². The highest BCUT2D eigenvalue weighted by atomic mass is 127. The zero-order chi connectivity index (χ0) is 22.2. The highest BCUT2D eigenvalue weighted by molar-refractivity contribution is 14.0. The smallest absolute Gasteiger partial charge is 0.387 e. The number of hydrogen-bond acceptors (Lipinski definition) is 6. The molecular weight excluding hydrogens is 539 g/mol. The van der Waals surface area contributed by atoms with Crippen molar-refractivity contribution < 1.29 is 32.5 Å². The summed E-state index contributed by atoms with van der Waals surface area (Å²) in [5.41, 5.74) is 1.44. The van der Waals surface area contributed by atoms with E-state index in [2.05, 4.69) is 20.4 Å². The van der Waals surface area contributed by atoms with E-state index in [4.69, 9.17) is 18.9 Å². The first-order chi connectivity index (χ1) is 15.0. The molecule has 0 atom stereocenters. The second kappa shape index (κ2) is 12.4. The van der Waals surface area contributed by atoms with Crippen molar-refractivity contribution >= 4 is 29.9 Å². The van der Waals surface area contributed by atoms with Gasteiger partial charge in [-0.1, -0.05) is 6.07 Å². The number of benzene rings is 2. The maximum Gasteiger partial charge on any atom is 0.387 e. The number of methoxy groups -OCH3 is 1. The molecule has 0 amide bonds. The molecule has 1 aliphatic heterocycles. The lowest BCUT2D eigenvalue weighted by atomic mass is 10.1. The van der Waals surface area contributed by atoms with Gasteiger partial charge in [0, 0.05) is 31.8 Å². The van der Waals surface area contributed by atoms with E-state index in [1.54, 1.807) is 20.2 Å². The molecule has 2 aromatic rings. The lowest BCUT2D eigenvalue weighted by molar-refractivity contribution is -0.0505. The van der Waals surface area contributed by atoms with Gasteiger partial charge in [0.15, 0.2) is 29.0 Å². The summed E-state index contributed by atoms with van der Waals surface area (Å²) in [6.07, 6.45) is 0. The van der Waals surface area contributed by atoms with Crippen LogP contribution in [0, 0.1) is 0 Å². The van der Waals surface area contributed by atoms with Crippen LogP contribution < -0.4 is 34.3 Å². The minimum Gasteiger partial charge on any atom is -0.493 e. The summed E-state index contributed by atoms with van der Waals surface area (Å²) in [5, 5.41) is 6.26. The van der Waals surface area contributed by atoms with Crippen molar-refractivity contribution in [2.24, 2.45) is 4.99 Å². The van der Waals surface area contributed by atoms with Crippen molar-refractivity contribution in [1.82, 2.24) is 10.6 Å². The highest BCUT2D eigenvalue weighted by Gasteiger charge is 2.20. The zero-order valence-corrected chi connectivity index (χ0v) is 20.3. The van der Waals surface area contributed by atoms with Crippen LogP contribution >= 0.6 is 24.0 Å². The SMILES string of the molecule is CCOc1cc(CNC(=NC)NCc2cc3c(cc2OC(F)F)OCO3)ccc1OC.I. The molecule has 2 N–H and O–H groups in total. The van der Waals surface area contributed by atoms with Crippen molar-refractivity contribution in [3.63, 3.8) is 0 Å². The minimum absolute atomic E-state index is 0. The summed E-state index contributed by atoms with van der Waals surface area (Å²) in [6.45, 7) is 0.157. The van der Waals surface area contributed by atoms with Crippen molar-refractivity contribution in [1.29, 1.82) is 0 Å². The van der Waals surface area contributed by atoms with Crippen LogP contribution in [0.5, 0.6) is 28.7 Å². The van der Waals surface area contributed by atoms with Crippen LogP contribution in [0.15, 0.2) is 35.3 Å². The molecule has 0 unspecified atom stereocenters. The molecule has 11 heteroatoms. The monoisotopic (exact) mass is 565 g/mol. The number of aliphatic imine (C=N–C) groups is 1. The zero-order valence-electron chi connectivity index (χ0n) is 17.9. The van der Waals surface area contributed by atoms with E-state index >= 15 is 0 Å². The van der Waals surface area contributed by atoms with E-state index in [1.807, 2.05) is 25.1 Å². The Labute approximate surface area is 202 Å². The van der Waals surface area contributed by atoms with Crippen LogP contribution in [0.25, 0.3) is 0 Å². The molecule has 1 heterocycles. The largest absolute Gasteiger partial charge is 0.493 e. The van der Waals surface area contributed by atoms with Gasteiger partial charge in [-0.15, -0.1) is 24.0 Å². The van der Waals surface area contributed by atoms with Crippen LogP contribution in [0.1, 0.15) is 18.1 Å². The summed E-state index contributed by atoms with van der Waals surface area (Å²) in [7, 11) is 3.20. The summed E-state index contributed by atoms with van der Waals surface area (Å²) in [6, 6.07) is 8.63. The van der Waals surface area contributed by atoms with Gasteiger partial charge in [-0.3, -0.25) is 4.99 Å². The van der Waals surface area contributed by atoms with Gasteiger partial charge in [0.2, 0.25) is 6.79 Å². The molecule has 0 saturated heterocycles. The van der Waals surface area contributed by atoms with Gasteiger partial charge in [-0.2, -0.15) is 8.78 Å². The van der Waals surface area contributed by atoms with E-state index < -0.39 is 6.61 Å². The second-order valence-corrected chi connectivity index (χ2v) is 6.39. The number of fused-ring (bicyclic) bond motifs is 1. The third kappa shape index (κ3) is 6.65. The number of rotatable bonds is 9. The van der Waals surface area contributed by atoms with Gasteiger partial charge < -0.3 is 34.3 Å². The first-order valence-electron chi connectivity index (χ1n) is 9.65. The summed E-state index contributed by atoms with van der Waals surface area (Å²) in [5.74, 6) is 2.64. The summed E-state index contributed by atoms with van der Waals surface area (Å²) in [4.78, 5) is 4.17. The lowest BCUT2D eigenvalue weighted by Crippen LogP contribution is -2.36. The standard InChI is InChI=1S/C21H25F2N3O5.HI/c1-4-28-17-7-13(5-6-15(17)27-3)10-25-21(24-2)26-11-14-8-18-19(30-12-29-18)9-16(14)31-20(22)23;/h5-9,20H,4,10-12H2,1-3H3,(H2,24,25,26);1H. The number of guanidine groups is 1. The molecule has 2 aromatic carbocycles. The van der Waals surface area contributed by atoms with E-state index in [1.165, 1.54) is 6.07 Å². The maximum absolute atomic E-state index is 12.8. The number of halogens is 3. The second-order valence-electron chi connectivity index (χ2n) is 6.39. The molecule has 0 aromatic heterocycles. The fourth-order valence-electron chi connectivity index (χ4n) is 2.99. The number of ether oxygens (including phenoxy) is 5. The molecule has 176 valence electrons. The molecule has 8 nitrogen and oxygen atoms in total. The molecule has 0 fully saturated rings. The van der Waals surface area contributed by atoms with Gasteiger partial charge in [0.05, 0.1) is 13.7 Å². The quantitative estimate of drug-likeness (QED) is 0.271. The molecule has 1 aliphatic rings.